The molecule has 134 valence electrons. The average Bonchev–Trinajstić information content (AvgIpc) is 2.65. The van der Waals surface area contributed by atoms with E-state index in [1.165, 1.54) is 0 Å². The summed E-state index contributed by atoms with van der Waals surface area (Å²) in [4.78, 5) is 18.2. The molecule has 25 heavy (non-hydrogen) atoms. The summed E-state index contributed by atoms with van der Waals surface area (Å²) in [7, 11) is 6.48. The molecule has 2 aromatic rings. The lowest BCUT2D eigenvalue weighted by atomic mass is 10.1. The number of amides is 1. The van der Waals surface area contributed by atoms with Crippen molar-refractivity contribution in [3.63, 3.8) is 0 Å². The fourth-order valence-corrected chi connectivity index (χ4v) is 2.52. The first-order valence-corrected chi connectivity index (χ1v) is 8.00. The number of hydrogen-bond donors (Lipinski definition) is 0. The molecule has 1 amide bonds. The van der Waals surface area contributed by atoms with Crippen LogP contribution in [0.15, 0.2) is 36.7 Å². The van der Waals surface area contributed by atoms with E-state index in [-0.39, 0.29) is 12.3 Å². The molecule has 0 unspecified atom stereocenters. The van der Waals surface area contributed by atoms with E-state index < -0.39 is 0 Å². The van der Waals surface area contributed by atoms with Crippen molar-refractivity contribution in [3.05, 3.63) is 47.8 Å². The Morgan fingerprint density at radius 1 is 1.00 bits per heavy atom. The van der Waals surface area contributed by atoms with Gasteiger partial charge >= 0.3 is 0 Å². The summed E-state index contributed by atoms with van der Waals surface area (Å²) in [6, 6.07) is 7.51. The molecule has 1 aromatic heterocycles. The van der Waals surface area contributed by atoms with Crippen LogP contribution in [-0.4, -0.2) is 50.7 Å². The number of benzene rings is 1. The van der Waals surface area contributed by atoms with Crippen LogP contribution in [0.2, 0.25) is 0 Å². The Kier molecular flexibility index (Phi) is 6.62. The predicted molar refractivity (Wildman–Crippen MR) is 95.4 cm³/mol. The number of carbonyl (C=O) groups excluding carboxylic acids is 1. The zero-order valence-electron chi connectivity index (χ0n) is 15.1. The Morgan fingerprint density at radius 2 is 1.60 bits per heavy atom. The normalized spacial score (nSPS) is 10.2. The Morgan fingerprint density at radius 3 is 2.12 bits per heavy atom. The number of hydrogen-bond acceptors (Lipinski definition) is 5. The van der Waals surface area contributed by atoms with E-state index >= 15 is 0 Å². The van der Waals surface area contributed by atoms with Gasteiger partial charge in [0.1, 0.15) is 0 Å². The molecule has 6 heteroatoms. The Labute approximate surface area is 148 Å². The zero-order chi connectivity index (χ0) is 18.2. The third-order valence-electron chi connectivity index (χ3n) is 3.99. The van der Waals surface area contributed by atoms with Gasteiger partial charge in [0.05, 0.1) is 27.8 Å². The zero-order valence-corrected chi connectivity index (χ0v) is 15.1. The van der Waals surface area contributed by atoms with Crippen LogP contribution in [0.1, 0.15) is 11.1 Å². The number of aromatic nitrogens is 1. The van der Waals surface area contributed by atoms with Gasteiger partial charge in [-0.15, -0.1) is 0 Å². The van der Waals surface area contributed by atoms with Gasteiger partial charge in [-0.2, -0.15) is 0 Å². The highest BCUT2D eigenvalue weighted by molar-refractivity contribution is 5.79. The first kappa shape index (κ1) is 18.6. The number of carbonyl (C=O) groups is 1. The first-order valence-electron chi connectivity index (χ1n) is 8.00. The van der Waals surface area contributed by atoms with Gasteiger partial charge in [-0.1, -0.05) is 0 Å². The molecule has 0 bridgehead atoms. The van der Waals surface area contributed by atoms with Gasteiger partial charge in [-0.25, -0.2) is 0 Å². The smallest absolute Gasteiger partial charge is 0.226 e. The van der Waals surface area contributed by atoms with E-state index in [4.69, 9.17) is 14.2 Å². The number of ether oxygens (including phenoxy) is 3. The fourth-order valence-electron chi connectivity index (χ4n) is 2.52. The van der Waals surface area contributed by atoms with Crippen molar-refractivity contribution in [1.29, 1.82) is 0 Å². The Balaban J connectivity index is 2.04. The molecule has 0 saturated heterocycles. The monoisotopic (exact) mass is 344 g/mol. The molecular weight excluding hydrogens is 320 g/mol. The van der Waals surface area contributed by atoms with Crippen molar-refractivity contribution < 1.29 is 19.0 Å². The van der Waals surface area contributed by atoms with Crippen molar-refractivity contribution in [2.75, 3.05) is 34.9 Å². The third kappa shape index (κ3) is 4.86. The second-order valence-corrected chi connectivity index (χ2v) is 5.63. The van der Waals surface area contributed by atoms with Crippen LogP contribution in [0, 0.1) is 0 Å². The topological polar surface area (TPSA) is 60.9 Å². The van der Waals surface area contributed by atoms with E-state index in [9.17, 15) is 4.79 Å². The van der Waals surface area contributed by atoms with Gasteiger partial charge in [0.2, 0.25) is 11.7 Å². The Hall–Kier alpha value is -2.76. The number of methoxy groups -OCH3 is 3. The molecular formula is C19H24N2O4. The number of likely N-dealkylation sites (N-methyl/N-ethyl adjacent to an activating group) is 1. The van der Waals surface area contributed by atoms with Crippen molar-refractivity contribution in [3.8, 4) is 17.2 Å². The van der Waals surface area contributed by atoms with Crippen LogP contribution in [0.4, 0.5) is 0 Å². The molecule has 1 aromatic carbocycles. The summed E-state index contributed by atoms with van der Waals surface area (Å²) >= 11 is 0. The van der Waals surface area contributed by atoms with Gasteiger partial charge in [-0.3, -0.25) is 9.78 Å². The molecule has 0 saturated carbocycles. The lowest BCUT2D eigenvalue weighted by Crippen LogP contribution is -2.30. The minimum Gasteiger partial charge on any atom is -0.493 e. The van der Waals surface area contributed by atoms with Crippen LogP contribution in [-0.2, 0) is 17.6 Å². The molecule has 0 atom stereocenters. The largest absolute Gasteiger partial charge is 0.493 e. The van der Waals surface area contributed by atoms with E-state index in [1.54, 1.807) is 50.8 Å². The van der Waals surface area contributed by atoms with Gasteiger partial charge < -0.3 is 19.1 Å². The molecule has 2 rings (SSSR count). The van der Waals surface area contributed by atoms with Gasteiger partial charge in [-0.05, 0) is 41.8 Å². The maximum absolute atomic E-state index is 12.5. The van der Waals surface area contributed by atoms with Gasteiger partial charge in [0.25, 0.3) is 0 Å². The van der Waals surface area contributed by atoms with Crippen LogP contribution in [0.3, 0.4) is 0 Å². The summed E-state index contributed by atoms with van der Waals surface area (Å²) in [5.74, 6) is 1.64. The van der Waals surface area contributed by atoms with Crippen molar-refractivity contribution >= 4 is 5.91 Å². The van der Waals surface area contributed by atoms with Crippen LogP contribution < -0.4 is 14.2 Å². The van der Waals surface area contributed by atoms with Crippen molar-refractivity contribution in [2.45, 2.75) is 12.8 Å². The first-order chi connectivity index (χ1) is 12.1. The predicted octanol–water partition coefficient (Wildman–Crippen LogP) is 2.35. The standard InChI is InChI=1S/C19H24N2O4/c1-21(10-7-14-5-8-20-9-6-14)18(22)13-15-11-16(23-2)19(25-4)17(12-15)24-3/h5-6,8-9,11-12H,7,10,13H2,1-4H3. The minimum absolute atomic E-state index is 0.0309. The molecule has 0 aliphatic heterocycles. The van der Waals surface area contributed by atoms with Crippen LogP contribution >= 0.6 is 0 Å². The summed E-state index contributed by atoms with van der Waals surface area (Å²) in [6.07, 6.45) is 4.57. The highest BCUT2D eigenvalue weighted by Crippen LogP contribution is 2.38. The molecule has 1 heterocycles. The maximum atomic E-state index is 12.5. The molecule has 0 radical (unpaired) electrons. The summed E-state index contributed by atoms with van der Waals surface area (Å²) in [5.41, 5.74) is 1.97. The molecule has 0 fully saturated rings. The van der Waals surface area contributed by atoms with Crippen molar-refractivity contribution in [2.24, 2.45) is 0 Å². The number of nitrogens with zero attached hydrogens (tertiary/aromatic N) is 2. The number of rotatable bonds is 8. The van der Waals surface area contributed by atoms with Gasteiger partial charge in [0.15, 0.2) is 11.5 Å². The van der Waals surface area contributed by atoms with Crippen LogP contribution in [0.25, 0.3) is 0 Å². The van der Waals surface area contributed by atoms with Gasteiger partial charge in [0, 0.05) is 26.0 Å². The summed E-state index contributed by atoms with van der Waals surface area (Å²) in [5, 5.41) is 0. The molecule has 0 aliphatic rings. The summed E-state index contributed by atoms with van der Waals surface area (Å²) < 4.78 is 16.0. The van der Waals surface area contributed by atoms with E-state index in [1.807, 2.05) is 19.2 Å². The third-order valence-corrected chi connectivity index (χ3v) is 3.99. The van der Waals surface area contributed by atoms with Crippen LogP contribution in [0.5, 0.6) is 17.2 Å². The van der Waals surface area contributed by atoms with E-state index in [0.29, 0.717) is 23.8 Å². The fraction of sp³-hybridized carbons (Fsp3) is 0.368. The molecule has 0 aliphatic carbocycles. The lowest BCUT2D eigenvalue weighted by Gasteiger charge is -2.18. The van der Waals surface area contributed by atoms with E-state index in [2.05, 4.69) is 4.98 Å². The lowest BCUT2D eigenvalue weighted by molar-refractivity contribution is -0.129. The number of pyridine rings is 1. The van der Waals surface area contributed by atoms with E-state index in [0.717, 1.165) is 17.5 Å². The highest BCUT2D eigenvalue weighted by atomic mass is 16.5. The quantitative estimate of drug-likeness (QED) is 0.736. The molecule has 0 spiro atoms. The minimum atomic E-state index is 0.0309. The molecule has 6 nitrogen and oxygen atoms in total. The summed E-state index contributed by atoms with van der Waals surface area (Å²) in [6.45, 7) is 0.646. The average molecular weight is 344 g/mol. The second-order valence-electron chi connectivity index (χ2n) is 5.63. The highest BCUT2D eigenvalue weighted by Gasteiger charge is 2.16. The maximum Gasteiger partial charge on any atom is 0.226 e. The molecule has 0 N–H and O–H groups in total. The van der Waals surface area contributed by atoms with Crippen molar-refractivity contribution in [1.82, 2.24) is 9.88 Å². The SMILES string of the molecule is COc1cc(CC(=O)N(C)CCc2ccncc2)cc(OC)c1OC. The Bertz CT molecular complexity index is 679. The second kappa shape index (κ2) is 8.92.